The molecular formula is C56H58F12N6O6. The van der Waals surface area contributed by atoms with Crippen LogP contribution in [0.4, 0.5) is 62.3 Å². The molecule has 24 heteroatoms. The number of nitrogens with one attached hydrogen (secondary N) is 4. The Kier molecular flexibility index (Phi) is 15.8. The van der Waals surface area contributed by atoms with E-state index in [0.29, 0.717) is 74.9 Å². The predicted octanol–water partition coefficient (Wildman–Crippen LogP) is 11.6. The van der Waals surface area contributed by atoms with Gasteiger partial charge in [0.1, 0.15) is 11.1 Å². The van der Waals surface area contributed by atoms with Gasteiger partial charge in [-0.25, -0.2) is 9.59 Å². The van der Waals surface area contributed by atoms with Gasteiger partial charge in [-0.2, -0.15) is 52.7 Å². The second-order valence-electron chi connectivity index (χ2n) is 21.9. The molecule has 6 atom stereocenters. The molecule has 10 rings (SSSR count). The molecule has 0 bridgehead atoms. The van der Waals surface area contributed by atoms with Gasteiger partial charge in [-0.3, -0.25) is 20.2 Å². The number of benzene rings is 4. The first-order valence-corrected chi connectivity index (χ1v) is 26.2. The van der Waals surface area contributed by atoms with Crippen molar-refractivity contribution in [3.63, 3.8) is 0 Å². The van der Waals surface area contributed by atoms with Crippen LogP contribution in [-0.2, 0) is 54.8 Å². The number of ether oxygens (including phenoxy) is 2. The lowest BCUT2D eigenvalue weighted by Crippen LogP contribution is -2.65. The summed E-state index contributed by atoms with van der Waals surface area (Å²) in [4.78, 5) is 54.3. The van der Waals surface area contributed by atoms with Crippen molar-refractivity contribution in [1.29, 1.82) is 0 Å². The summed E-state index contributed by atoms with van der Waals surface area (Å²) in [5.74, 6) is -0.0596. The van der Waals surface area contributed by atoms with Crippen LogP contribution < -0.4 is 21.3 Å². The number of alkyl halides is 12. The van der Waals surface area contributed by atoms with Crippen molar-refractivity contribution in [3.8, 4) is 0 Å². The quantitative estimate of drug-likeness (QED) is 0.0723. The third-order valence-electron chi connectivity index (χ3n) is 16.4. The van der Waals surface area contributed by atoms with Gasteiger partial charge in [-0.1, -0.05) is 60.7 Å². The molecule has 4 aromatic carbocycles. The van der Waals surface area contributed by atoms with Gasteiger partial charge >= 0.3 is 36.8 Å². The first-order chi connectivity index (χ1) is 37.5. The highest BCUT2D eigenvalue weighted by molar-refractivity contribution is 6.08. The van der Waals surface area contributed by atoms with Gasteiger partial charge < -0.3 is 29.9 Å². The number of urea groups is 2. The number of hydrogen-bond acceptors (Lipinski definition) is 8. The molecule has 4 saturated heterocycles. The van der Waals surface area contributed by atoms with Crippen LogP contribution in [0, 0.1) is 11.8 Å². The molecule has 2 saturated carbocycles. The van der Waals surface area contributed by atoms with E-state index in [1.165, 1.54) is 13.8 Å². The van der Waals surface area contributed by atoms with E-state index < -0.39 is 93.4 Å². The van der Waals surface area contributed by atoms with Crippen molar-refractivity contribution >= 4 is 23.9 Å². The van der Waals surface area contributed by atoms with E-state index in [4.69, 9.17) is 9.47 Å². The molecule has 6 amide bonds. The van der Waals surface area contributed by atoms with E-state index in [-0.39, 0.29) is 61.4 Å². The molecule has 2 unspecified atom stereocenters. The molecule has 4 aliphatic heterocycles. The molecule has 0 aromatic heterocycles. The minimum absolute atomic E-state index is 0.0884. The van der Waals surface area contributed by atoms with Crippen LogP contribution >= 0.6 is 0 Å². The van der Waals surface area contributed by atoms with Gasteiger partial charge in [0.05, 0.1) is 58.8 Å². The SMILES string of the molecule is C[C@@H](OC[C@@]1(c2ccccc2)CCC2(CN1)C(=O)NC(=O)N2CC1CC1)c1cc(C(F)(F)F)cc(C(F)(F)F)c1.C[C@@H](OC[C@@]1(c2ccccc2)CCC2(CN1)C(=O)NC(=O)N2CC1CC1)c1cc(C(F)(F)F)cc(C(F)(F)F)c1. The van der Waals surface area contributed by atoms with Gasteiger partial charge in [0.15, 0.2) is 0 Å². The maximum Gasteiger partial charge on any atom is 0.416 e. The lowest BCUT2D eigenvalue weighted by Gasteiger charge is -2.48. The molecule has 2 spiro atoms. The fourth-order valence-corrected chi connectivity index (χ4v) is 11.1. The molecule has 4 heterocycles. The van der Waals surface area contributed by atoms with Crippen molar-refractivity contribution < 1.29 is 81.3 Å². The average Bonchev–Trinajstić information content (AvgIpc) is 4.45. The maximum atomic E-state index is 13.4. The van der Waals surface area contributed by atoms with Crippen molar-refractivity contribution in [1.82, 2.24) is 31.1 Å². The monoisotopic (exact) mass is 1140 g/mol. The third-order valence-corrected chi connectivity index (χ3v) is 16.4. The Morgan fingerprint density at radius 2 is 0.800 bits per heavy atom. The number of hydrogen-bond donors (Lipinski definition) is 4. The fourth-order valence-electron chi connectivity index (χ4n) is 11.1. The smallest absolute Gasteiger partial charge is 0.372 e. The van der Waals surface area contributed by atoms with E-state index >= 15 is 0 Å². The molecule has 2 aliphatic carbocycles. The Morgan fingerprint density at radius 3 is 1.06 bits per heavy atom. The highest BCUT2D eigenvalue weighted by Gasteiger charge is 2.59. The highest BCUT2D eigenvalue weighted by atomic mass is 19.4. The molecule has 12 nitrogen and oxygen atoms in total. The lowest BCUT2D eigenvalue weighted by atomic mass is 9.75. The predicted molar refractivity (Wildman–Crippen MR) is 264 cm³/mol. The fraction of sp³-hybridized carbons (Fsp3) is 0.500. The van der Waals surface area contributed by atoms with Crippen molar-refractivity contribution in [2.24, 2.45) is 11.8 Å². The Hall–Kier alpha value is -6.24. The molecule has 432 valence electrons. The Morgan fingerprint density at radius 1 is 0.487 bits per heavy atom. The van der Waals surface area contributed by atoms with Gasteiger partial charge in [-0.15, -0.1) is 0 Å². The number of nitrogens with zero attached hydrogens (tertiary/aromatic N) is 2. The summed E-state index contributed by atoms with van der Waals surface area (Å²) >= 11 is 0. The minimum Gasteiger partial charge on any atom is -0.372 e. The summed E-state index contributed by atoms with van der Waals surface area (Å²) < 4.78 is 173. The van der Waals surface area contributed by atoms with Crippen LogP contribution in [0.2, 0.25) is 0 Å². The summed E-state index contributed by atoms with van der Waals surface area (Å²) in [5, 5.41) is 11.6. The van der Waals surface area contributed by atoms with E-state index in [1.807, 2.05) is 36.4 Å². The number of amides is 6. The summed E-state index contributed by atoms with van der Waals surface area (Å²) in [7, 11) is 0. The Labute approximate surface area is 452 Å². The van der Waals surface area contributed by atoms with Crippen molar-refractivity contribution in [3.05, 3.63) is 142 Å². The zero-order valence-electron chi connectivity index (χ0n) is 43.3. The van der Waals surface area contributed by atoms with Gasteiger partial charge in [0.2, 0.25) is 0 Å². The number of imide groups is 2. The first-order valence-electron chi connectivity index (χ1n) is 26.2. The summed E-state index contributed by atoms with van der Waals surface area (Å²) in [5.41, 5.74) is -8.51. The van der Waals surface area contributed by atoms with Gasteiger partial charge in [0.25, 0.3) is 11.8 Å². The van der Waals surface area contributed by atoms with Gasteiger partial charge in [-0.05, 0) is 136 Å². The Balaban J connectivity index is 0.000000194. The number of rotatable bonds is 14. The summed E-state index contributed by atoms with van der Waals surface area (Å²) in [6.45, 7) is 3.80. The third kappa shape index (κ3) is 12.2. The summed E-state index contributed by atoms with van der Waals surface area (Å²) in [6, 6.07) is 20.2. The van der Waals surface area contributed by atoms with Crippen LogP contribution in [0.1, 0.15) is 122 Å². The zero-order chi connectivity index (χ0) is 57.8. The molecule has 4 aromatic rings. The average molecular weight is 1140 g/mol. The van der Waals surface area contributed by atoms with E-state index in [9.17, 15) is 71.9 Å². The first kappa shape index (κ1) is 58.4. The van der Waals surface area contributed by atoms with Crippen molar-refractivity contribution in [2.75, 3.05) is 39.4 Å². The standard InChI is InChI=1S/2C28H29F6N3O3/c2*1-17(19-11-21(27(29,30)31)13-22(12-19)28(32,33)34)40-16-25(20-5-3-2-4-6-20)9-10-26(15-35-25)23(38)36-24(39)37(26)14-18-7-8-18/h2*2-6,11-13,17-18,35H,7-10,14-16H2,1H3,(H,36,38,39)/t2*17-,25-,26?/m11/s1. The molecule has 6 fully saturated rings. The van der Waals surface area contributed by atoms with Crippen LogP contribution in [-0.4, -0.2) is 84.1 Å². The summed E-state index contributed by atoms with van der Waals surface area (Å²) in [6.07, 6.45) is -16.8. The second-order valence-corrected chi connectivity index (χ2v) is 21.9. The van der Waals surface area contributed by atoms with Crippen molar-refractivity contribution in [2.45, 2.75) is 124 Å². The van der Waals surface area contributed by atoms with Crippen LogP contribution in [0.3, 0.4) is 0 Å². The topological polar surface area (TPSA) is 141 Å². The maximum absolute atomic E-state index is 13.4. The van der Waals surface area contributed by atoms with E-state index in [2.05, 4.69) is 21.3 Å². The minimum atomic E-state index is -4.97. The number of carbonyl (C=O) groups excluding carboxylic acids is 4. The number of piperidine rings is 2. The molecular weight excluding hydrogens is 1080 g/mol. The second kappa shape index (κ2) is 21.6. The van der Waals surface area contributed by atoms with E-state index in [1.54, 1.807) is 34.1 Å². The van der Waals surface area contributed by atoms with Gasteiger partial charge in [0, 0.05) is 26.2 Å². The molecule has 80 heavy (non-hydrogen) atoms. The lowest BCUT2D eigenvalue weighted by molar-refractivity contribution is -0.145. The molecule has 6 aliphatic rings. The van der Waals surface area contributed by atoms with Crippen LogP contribution in [0.25, 0.3) is 0 Å². The van der Waals surface area contributed by atoms with E-state index in [0.717, 1.165) is 36.8 Å². The molecule has 0 radical (unpaired) electrons. The number of halogens is 12. The van der Waals surface area contributed by atoms with Crippen LogP contribution in [0.15, 0.2) is 97.1 Å². The number of carbonyl (C=O) groups is 4. The highest BCUT2D eigenvalue weighted by Crippen LogP contribution is 2.46. The zero-order valence-corrected chi connectivity index (χ0v) is 43.3. The molecule has 4 N–H and O–H groups in total. The largest absolute Gasteiger partial charge is 0.416 e. The Bertz CT molecular complexity index is 2670. The normalized spacial score (nSPS) is 26.3. The van der Waals surface area contributed by atoms with Crippen LogP contribution in [0.5, 0.6) is 0 Å².